The number of aryl methyl sites for hydroxylation is 2. The predicted octanol–water partition coefficient (Wildman–Crippen LogP) is 2.82. The van der Waals surface area contributed by atoms with Gasteiger partial charge in [-0.05, 0) is 56.2 Å². The number of piperidine rings is 1. The van der Waals surface area contributed by atoms with E-state index in [9.17, 15) is 4.79 Å². The molecule has 27 heavy (non-hydrogen) atoms. The average molecular weight is 368 g/mol. The largest absolute Gasteiger partial charge is 0.370 e. The van der Waals surface area contributed by atoms with Gasteiger partial charge < -0.3 is 9.64 Å². The van der Waals surface area contributed by atoms with Gasteiger partial charge >= 0.3 is 0 Å². The van der Waals surface area contributed by atoms with Gasteiger partial charge in [-0.3, -0.25) is 14.9 Å². The average Bonchev–Trinajstić information content (AvgIpc) is 3.15. The van der Waals surface area contributed by atoms with Crippen LogP contribution in [0.3, 0.4) is 0 Å². The lowest BCUT2D eigenvalue weighted by Gasteiger charge is -2.32. The highest BCUT2D eigenvalue weighted by atomic mass is 16.5. The zero-order valence-electron chi connectivity index (χ0n) is 15.8. The predicted molar refractivity (Wildman–Crippen MR) is 102 cm³/mol. The van der Waals surface area contributed by atoms with Crippen LogP contribution in [0, 0.1) is 0 Å². The molecule has 1 aliphatic carbocycles. The summed E-state index contributed by atoms with van der Waals surface area (Å²) in [6.45, 7) is 2.03. The Bertz CT molecular complexity index is 759. The van der Waals surface area contributed by atoms with Crippen molar-refractivity contribution in [3.05, 3.63) is 47.0 Å². The third-order valence-corrected chi connectivity index (χ3v) is 5.64. The van der Waals surface area contributed by atoms with E-state index in [2.05, 4.69) is 15.2 Å². The Hall–Kier alpha value is -2.21. The molecule has 0 spiro atoms. The number of H-pyrrole nitrogens is 1. The number of ether oxygens (including phenoxy) is 1. The number of pyridine rings is 1. The van der Waals surface area contributed by atoms with Crippen molar-refractivity contribution in [3.8, 4) is 0 Å². The van der Waals surface area contributed by atoms with Gasteiger partial charge in [-0.2, -0.15) is 5.10 Å². The number of nitrogens with one attached hydrogen (secondary N) is 1. The second-order valence-corrected chi connectivity index (χ2v) is 7.57. The van der Waals surface area contributed by atoms with E-state index in [0.29, 0.717) is 19.6 Å². The smallest absolute Gasteiger partial charge is 0.223 e. The first kappa shape index (κ1) is 18.2. The summed E-state index contributed by atoms with van der Waals surface area (Å²) in [7, 11) is 0. The molecule has 6 nitrogen and oxygen atoms in total. The molecular formula is C21H28N4O2. The highest BCUT2D eigenvalue weighted by molar-refractivity contribution is 5.76. The number of hydrogen-bond acceptors (Lipinski definition) is 4. The SMILES string of the molecule is O=C(CCc1n[nH]c2c1CCCC2)N1CCC[C@H](OCc2ccccn2)C1. The Balaban J connectivity index is 1.26. The summed E-state index contributed by atoms with van der Waals surface area (Å²) in [5.74, 6) is 0.216. The summed E-state index contributed by atoms with van der Waals surface area (Å²) >= 11 is 0. The number of nitrogens with zero attached hydrogens (tertiary/aromatic N) is 3. The third kappa shape index (κ3) is 4.56. The minimum Gasteiger partial charge on any atom is -0.370 e. The molecule has 2 aromatic heterocycles. The summed E-state index contributed by atoms with van der Waals surface area (Å²) in [4.78, 5) is 19.0. The molecule has 0 radical (unpaired) electrons. The van der Waals surface area contributed by atoms with Gasteiger partial charge in [-0.1, -0.05) is 6.07 Å². The second kappa shape index (κ2) is 8.65. The molecule has 1 aliphatic heterocycles. The van der Waals surface area contributed by atoms with E-state index in [1.165, 1.54) is 24.1 Å². The summed E-state index contributed by atoms with van der Waals surface area (Å²) in [5, 5.41) is 7.63. The molecule has 1 fully saturated rings. The van der Waals surface area contributed by atoms with E-state index in [1.54, 1.807) is 6.20 Å². The molecule has 2 aliphatic rings. The molecule has 0 unspecified atom stereocenters. The number of amides is 1. The van der Waals surface area contributed by atoms with Crippen molar-refractivity contribution in [3.63, 3.8) is 0 Å². The minimum atomic E-state index is 0.0999. The van der Waals surface area contributed by atoms with E-state index in [0.717, 1.165) is 50.0 Å². The standard InChI is InChI=1S/C21H28N4O2/c26-21(11-10-20-18-8-1-2-9-19(18)23-24-20)25-13-5-7-17(14-25)27-15-16-6-3-4-12-22-16/h3-4,6,12,17H,1-2,5,7-11,13-15H2,(H,23,24)/t17-/m0/s1. The normalized spacial score (nSPS) is 19.7. The second-order valence-electron chi connectivity index (χ2n) is 7.57. The van der Waals surface area contributed by atoms with Crippen LogP contribution in [0.5, 0.6) is 0 Å². The highest BCUT2D eigenvalue weighted by Crippen LogP contribution is 2.23. The van der Waals surface area contributed by atoms with Crippen LogP contribution >= 0.6 is 0 Å². The highest BCUT2D eigenvalue weighted by Gasteiger charge is 2.25. The topological polar surface area (TPSA) is 71.1 Å². The van der Waals surface area contributed by atoms with E-state index >= 15 is 0 Å². The number of rotatable bonds is 6. The van der Waals surface area contributed by atoms with Gasteiger partial charge in [0, 0.05) is 37.8 Å². The molecule has 0 aromatic carbocycles. The fourth-order valence-electron chi connectivity index (χ4n) is 4.13. The maximum Gasteiger partial charge on any atom is 0.223 e. The molecule has 0 saturated carbocycles. The van der Waals surface area contributed by atoms with E-state index in [4.69, 9.17) is 4.74 Å². The number of carbonyl (C=O) groups excluding carboxylic acids is 1. The van der Waals surface area contributed by atoms with Crippen LogP contribution in [0.1, 0.15) is 54.7 Å². The van der Waals surface area contributed by atoms with E-state index in [-0.39, 0.29) is 12.0 Å². The van der Waals surface area contributed by atoms with E-state index < -0.39 is 0 Å². The van der Waals surface area contributed by atoms with E-state index in [1.807, 2.05) is 23.1 Å². The van der Waals surface area contributed by atoms with Crippen LogP contribution in [0.15, 0.2) is 24.4 Å². The minimum absolute atomic E-state index is 0.0999. The monoisotopic (exact) mass is 368 g/mol. The Labute approximate surface area is 160 Å². The summed E-state index contributed by atoms with van der Waals surface area (Å²) in [6.07, 6.45) is 9.81. The van der Waals surface area contributed by atoms with Crippen LogP contribution < -0.4 is 0 Å². The van der Waals surface area contributed by atoms with Gasteiger partial charge in [-0.15, -0.1) is 0 Å². The number of hydrogen-bond donors (Lipinski definition) is 1. The lowest BCUT2D eigenvalue weighted by molar-refractivity contribution is -0.135. The Morgan fingerprint density at radius 2 is 2.19 bits per heavy atom. The summed E-state index contributed by atoms with van der Waals surface area (Å²) in [5.41, 5.74) is 4.68. The Kier molecular flexibility index (Phi) is 5.82. The van der Waals surface area contributed by atoms with Crippen LogP contribution in [0.2, 0.25) is 0 Å². The maximum absolute atomic E-state index is 12.7. The van der Waals surface area contributed by atoms with Crippen LogP contribution in [0.25, 0.3) is 0 Å². The number of likely N-dealkylation sites (tertiary alicyclic amines) is 1. The maximum atomic E-state index is 12.7. The molecule has 0 bridgehead atoms. The van der Waals surface area contributed by atoms with Crippen LogP contribution in [-0.4, -0.2) is 45.2 Å². The Morgan fingerprint density at radius 3 is 3.07 bits per heavy atom. The van der Waals surface area contributed by atoms with Crippen molar-refractivity contribution in [2.45, 2.75) is 64.1 Å². The molecule has 1 saturated heterocycles. The number of carbonyl (C=O) groups is 1. The van der Waals surface area contributed by atoms with Gasteiger partial charge in [0.2, 0.25) is 5.91 Å². The van der Waals surface area contributed by atoms with Crippen molar-refractivity contribution in [2.75, 3.05) is 13.1 Å². The van der Waals surface area contributed by atoms with Gasteiger partial charge in [0.05, 0.1) is 24.1 Å². The van der Waals surface area contributed by atoms with Gasteiger partial charge in [-0.25, -0.2) is 0 Å². The first-order chi connectivity index (χ1) is 13.3. The summed E-state index contributed by atoms with van der Waals surface area (Å²) < 4.78 is 6.00. The number of aromatic nitrogens is 3. The molecule has 1 atom stereocenters. The molecule has 144 valence electrons. The quantitative estimate of drug-likeness (QED) is 0.851. The molecule has 3 heterocycles. The third-order valence-electron chi connectivity index (χ3n) is 5.64. The van der Waals surface area contributed by atoms with Crippen molar-refractivity contribution in [1.82, 2.24) is 20.1 Å². The number of fused-ring (bicyclic) bond motifs is 1. The van der Waals surface area contributed by atoms with Crippen molar-refractivity contribution in [2.24, 2.45) is 0 Å². The lowest BCUT2D eigenvalue weighted by atomic mass is 9.94. The molecule has 6 heteroatoms. The molecule has 1 amide bonds. The molecule has 2 aromatic rings. The number of aromatic amines is 1. The fourth-order valence-corrected chi connectivity index (χ4v) is 4.13. The molecular weight excluding hydrogens is 340 g/mol. The van der Waals surface area contributed by atoms with Gasteiger partial charge in [0.15, 0.2) is 0 Å². The zero-order chi connectivity index (χ0) is 18.5. The summed E-state index contributed by atoms with van der Waals surface area (Å²) in [6, 6.07) is 5.84. The zero-order valence-corrected chi connectivity index (χ0v) is 15.8. The first-order valence-electron chi connectivity index (χ1n) is 10.1. The van der Waals surface area contributed by atoms with Crippen LogP contribution in [0.4, 0.5) is 0 Å². The van der Waals surface area contributed by atoms with Crippen molar-refractivity contribution >= 4 is 5.91 Å². The van der Waals surface area contributed by atoms with Crippen molar-refractivity contribution < 1.29 is 9.53 Å². The lowest BCUT2D eigenvalue weighted by Crippen LogP contribution is -2.43. The molecule has 1 N–H and O–H groups in total. The van der Waals surface area contributed by atoms with Gasteiger partial charge in [0.25, 0.3) is 0 Å². The first-order valence-corrected chi connectivity index (χ1v) is 10.1. The van der Waals surface area contributed by atoms with Crippen molar-refractivity contribution in [1.29, 1.82) is 0 Å². The molecule has 4 rings (SSSR count). The fraction of sp³-hybridized carbons (Fsp3) is 0.571. The van der Waals surface area contributed by atoms with Crippen LogP contribution in [-0.2, 0) is 35.4 Å². The Morgan fingerprint density at radius 1 is 1.26 bits per heavy atom. The van der Waals surface area contributed by atoms with Gasteiger partial charge in [0.1, 0.15) is 0 Å².